The largest absolute Gasteiger partial charge is 0.385 e. The van der Waals surface area contributed by atoms with E-state index in [0.717, 1.165) is 18.7 Å². The molecule has 16 heavy (non-hydrogen) atoms. The second-order valence-corrected chi connectivity index (χ2v) is 4.26. The highest BCUT2D eigenvalue weighted by atomic mass is 35.5. The third-order valence-electron chi connectivity index (χ3n) is 2.53. The van der Waals surface area contributed by atoms with Crippen LogP contribution >= 0.6 is 11.6 Å². The molecule has 1 aromatic rings. The van der Waals surface area contributed by atoms with Crippen LogP contribution in [0.5, 0.6) is 0 Å². The smallest absolute Gasteiger partial charge is 0.167 e. The zero-order valence-electron chi connectivity index (χ0n) is 9.20. The molecule has 0 saturated carbocycles. The van der Waals surface area contributed by atoms with Gasteiger partial charge in [-0.1, -0.05) is 11.6 Å². The summed E-state index contributed by atoms with van der Waals surface area (Å²) >= 11 is 5.78. The van der Waals surface area contributed by atoms with E-state index in [1.54, 1.807) is 12.3 Å². The third kappa shape index (κ3) is 3.07. The van der Waals surface area contributed by atoms with Crippen LogP contribution < -0.4 is 5.32 Å². The Morgan fingerprint density at radius 3 is 2.94 bits per heavy atom. The normalized spacial score (nSPS) is 18.6. The zero-order chi connectivity index (χ0) is 11.4. The van der Waals surface area contributed by atoms with Crippen molar-refractivity contribution >= 4 is 17.3 Å². The number of nitrogens with one attached hydrogen (secondary N) is 1. The molecule has 4 nitrogen and oxygen atoms in total. The number of hydrogen-bond acceptors (Lipinski definition) is 4. The topological polar surface area (TPSA) is 43.4 Å². The van der Waals surface area contributed by atoms with Crippen molar-refractivity contribution in [1.29, 1.82) is 0 Å². The maximum atomic E-state index is 5.78. The van der Waals surface area contributed by atoms with E-state index in [2.05, 4.69) is 10.3 Å². The summed E-state index contributed by atoms with van der Waals surface area (Å²) in [5, 5.41) is 3.74. The van der Waals surface area contributed by atoms with Gasteiger partial charge in [0.15, 0.2) is 5.79 Å². The number of halogens is 1. The molecule has 0 atom stereocenters. The number of anilines is 1. The van der Waals surface area contributed by atoms with Gasteiger partial charge in [0.25, 0.3) is 0 Å². The number of nitrogens with zero attached hydrogens (tertiary/aromatic N) is 1. The van der Waals surface area contributed by atoms with E-state index in [1.807, 2.05) is 13.0 Å². The van der Waals surface area contributed by atoms with E-state index in [9.17, 15) is 0 Å². The van der Waals surface area contributed by atoms with Crippen LogP contribution in [0.25, 0.3) is 0 Å². The van der Waals surface area contributed by atoms with Crippen molar-refractivity contribution in [1.82, 2.24) is 4.98 Å². The van der Waals surface area contributed by atoms with E-state index in [0.29, 0.717) is 18.4 Å². The molecule has 0 amide bonds. The molecule has 1 fully saturated rings. The second-order valence-electron chi connectivity index (χ2n) is 3.87. The average Bonchev–Trinajstić information content (AvgIpc) is 2.65. The first-order valence-electron chi connectivity index (χ1n) is 5.31. The van der Waals surface area contributed by atoms with Crippen molar-refractivity contribution < 1.29 is 9.47 Å². The first-order valence-corrected chi connectivity index (χ1v) is 5.69. The fourth-order valence-corrected chi connectivity index (χ4v) is 1.82. The molecule has 5 heteroatoms. The molecule has 2 heterocycles. The Balaban J connectivity index is 1.79. The van der Waals surface area contributed by atoms with Gasteiger partial charge in [-0.2, -0.15) is 0 Å². The van der Waals surface area contributed by atoms with Gasteiger partial charge in [0.1, 0.15) is 5.15 Å². The van der Waals surface area contributed by atoms with Gasteiger partial charge in [0, 0.05) is 24.8 Å². The maximum Gasteiger partial charge on any atom is 0.167 e. The van der Waals surface area contributed by atoms with Crippen LogP contribution in [0, 0.1) is 0 Å². The predicted octanol–water partition coefficient (Wildman–Crippen LogP) is 2.30. The van der Waals surface area contributed by atoms with Crippen LogP contribution in [0.4, 0.5) is 5.69 Å². The zero-order valence-corrected chi connectivity index (χ0v) is 9.96. The molecule has 2 rings (SSSR count). The van der Waals surface area contributed by atoms with Crippen LogP contribution in [-0.4, -0.2) is 30.5 Å². The van der Waals surface area contributed by atoms with Gasteiger partial charge in [-0.3, -0.25) is 0 Å². The summed E-state index contributed by atoms with van der Waals surface area (Å²) in [6.07, 6.45) is 2.47. The van der Waals surface area contributed by atoms with E-state index < -0.39 is 5.79 Å². The summed E-state index contributed by atoms with van der Waals surface area (Å²) in [4.78, 5) is 3.92. The Kier molecular flexibility index (Phi) is 3.63. The monoisotopic (exact) mass is 242 g/mol. The number of ether oxygens (including phenoxy) is 2. The van der Waals surface area contributed by atoms with Gasteiger partial charge >= 0.3 is 0 Å². The number of rotatable bonds is 4. The number of pyridine rings is 1. The number of hydrogen-bond donors (Lipinski definition) is 1. The van der Waals surface area contributed by atoms with Crippen LogP contribution in [-0.2, 0) is 9.47 Å². The quantitative estimate of drug-likeness (QED) is 0.823. The summed E-state index contributed by atoms with van der Waals surface area (Å²) in [7, 11) is 0. The van der Waals surface area contributed by atoms with Gasteiger partial charge < -0.3 is 14.8 Å². The Hall–Kier alpha value is -0.840. The lowest BCUT2D eigenvalue weighted by molar-refractivity contribution is -0.144. The van der Waals surface area contributed by atoms with Gasteiger partial charge in [-0.25, -0.2) is 4.98 Å². The van der Waals surface area contributed by atoms with Gasteiger partial charge in [0.2, 0.25) is 0 Å². The van der Waals surface area contributed by atoms with Crippen molar-refractivity contribution in [3.05, 3.63) is 23.5 Å². The van der Waals surface area contributed by atoms with Crippen molar-refractivity contribution in [2.24, 2.45) is 0 Å². The van der Waals surface area contributed by atoms with E-state index >= 15 is 0 Å². The van der Waals surface area contributed by atoms with Crippen molar-refractivity contribution in [3.63, 3.8) is 0 Å². The molecule has 88 valence electrons. The van der Waals surface area contributed by atoms with Gasteiger partial charge in [-0.05, 0) is 19.1 Å². The molecular weight excluding hydrogens is 228 g/mol. The van der Waals surface area contributed by atoms with E-state index in [-0.39, 0.29) is 0 Å². The maximum absolute atomic E-state index is 5.78. The lowest BCUT2D eigenvalue weighted by Gasteiger charge is -2.22. The summed E-state index contributed by atoms with van der Waals surface area (Å²) in [5.41, 5.74) is 0.960. The molecule has 0 aliphatic carbocycles. The predicted molar refractivity (Wildman–Crippen MR) is 62.7 cm³/mol. The van der Waals surface area contributed by atoms with Crippen LogP contribution in [0.15, 0.2) is 18.3 Å². The fraction of sp³-hybridized carbons (Fsp3) is 0.545. The summed E-state index contributed by atoms with van der Waals surface area (Å²) in [6.45, 7) is 4.09. The Morgan fingerprint density at radius 2 is 2.25 bits per heavy atom. The summed E-state index contributed by atoms with van der Waals surface area (Å²) in [6, 6.07) is 3.67. The van der Waals surface area contributed by atoms with Crippen molar-refractivity contribution in [3.8, 4) is 0 Å². The first-order chi connectivity index (χ1) is 7.68. The lowest BCUT2D eigenvalue weighted by atomic mass is 10.2. The highest BCUT2D eigenvalue weighted by molar-refractivity contribution is 6.29. The summed E-state index contributed by atoms with van der Waals surface area (Å²) in [5.74, 6) is -0.441. The SMILES string of the molecule is CC1(CCNc2ccnc(Cl)c2)OCCO1. The second kappa shape index (κ2) is 4.99. The standard InChI is InChI=1S/C11H15ClN2O2/c1-11(15-6-7-16-11)3-5-13-9-2-4-14-10(12)8-9/h2,4,8H,3,5-7H2,1H3,(H,13,14). The summed E-state index contributed by atoms with van der Waals surface area (Å²) < 4.78 is 11.0. The molecule has 1 saturated heterocycles. The van der Waals surface area contributed by atoms with Crippen LogP contribution in [0.2, 0.25) is 5.15 Å². The first kappa shape index (κ1) is 11.6. The Morgan fingerprint density at radius 1 is 1.50 bits per heavy atom. The minimum Gasteiger partial charge on any atom is -0.385 e. The van der Waals surface area contributed by atoms with E-state index in [4.69, 9.17) is 21.1 Å². The molecule has 0 aromatic carbocycles. The molecule has 0 radical (unpaired) electrons. The minimum atomic E-state index is -0.441. The Bertz CT molecular complexity index is 354. The molecule has 0 spiro atoms. The van der Waals surface area contributed by atoms with Crippen LogP contribution in [0.3, 0.4) is 0 Å². The average molecular weight is 243 g/mol. The van der Waals surface area contributed by atoms with Gasteiger partial charge in [0.05, 0.1) is 13.2 Å². The molecule has 1 aliphatic rings. The van der Waals surface area contributed by atoms with Gasteiger partial charge in [-0.15, -0.1) is 0 Å². The highest BCUT2D eigenvalue weighted by Crippen LogP contribution is 2.22. The highest BCUT2D eigenvalue weighted by Gasteiger charge is 2.29. The van der Waals surface area contributed by atoms with Crippen molar-refractivity contribution in [2.45, 2.75) is 19.1 Å². The molecule has 1 aromatic heterocycles. The van der Waals surface area contributed by atoms with E-state index in [1.165, 1.54) is 0 Å². The molecule has 0 bridgehead atoms. The molecule has 1 aliphatic heterocycles. The Labute approximate surface area is 99.9 Å². The van der Waals surface area contributed by atoms with Crippen LogP contribution in [0.1, 0.15) is 13.3 Å². The lowest BCUT2D eigenvalue weighted by Crippen LogP contribution is -2.28. The molecule has 1 N–H and O–H groups in total. The van der Waals surface area contributed by atoms with Crippen molar-refractivity contribution in [2.75, 3.05) is 25.1 Å². The minimum absolute atomic E-state index is 0.441. The molecule has 0 unspecified atom stereocenters. The third-order valence-corrected chi connectivity index (χ3v) is 2.74. The fourth-order valence-electron chi connectivity index (χ4n) is 1.65. The number of aromatic nitrogens is 1. The molecular formula is C11H15ClN2O2.